The van der Waals surface area contributed by atoms with Crippen molar-refractivity contribution in [2.75, 3.05) is 0 Å². The van der Waals surface area contributed by atoms with Gasteiger partial charge in [0.1, 0.15) is 0 Å². The number of benzene rings is 1. The number of aromatic nitrogens is 1. The number of hydrogen-bond donors (Lipinski definition) is 2. The lowest BCUT2D eigenvalue weighted by Gasteiger charge is -2.23. The van der Waals surface area contributed by atoms with Crippen LogP contribution in [-0.4, -0.2) is 34.6 Å². The molecule has 1 atom stereocenters. The van der Waals surface area contributed by atoms with Gasteiger partial charge in [-0.1, -0.05) is 37.0 Å². The van der Waals surface area contributed by atoms with Crippen LogP contribution in [-0.2, 0) is 9.53 Å². The van der Waals surface area contributed by atoms with Gasteiger partial charge in [-0.25, -0.2) is 9.59 Å². The van der Waals surface area contributed by atoms with Crippen molar-refractivity contribution >= 4 is 17.9 Å². The van der Waals surface area contributed by atoms with Gasteiger partial charge in [-0.2, -0.15) is 0 Å². The van der Waals surface area contributed by atoms with Gasteiger partial charge in [0.05, 0.1) is 5.56 Å². The lowest BCUT2D eigenvalue weighted by atomic mass is 9.96. The first-order chi connectivity index (χ1) is 14.8. The highest BCUT2D eigenvalue weighted by Gasteiger charge is 2.25. The zero-order valence-electron chi connectivity index (χ0n) is 18.7. The zero-order valence-corrected chi connectivity index (χ0v) is 18.7. The van der Waals surface area contributed by atoms with Crippen LogP contribution >= 0.6 is 0 Å². The first-order valence-corrected chi connectivity index (χ1v) is 10.8. The quantitative estimate of drug-likeness (QED) is 0.706. The van der Waals surface area contributed by atoms with Crippen molar-refractivity contribution in [1.82, 2.24) is 15.2 Å². The van der Waals surface area contributed by atoms with E-state index in [1.54, 1.807) is 6.07 Å². The second kappa shape index (κ2) is 9.81. The van der Waals surface area contributed by atoms with E-state index in [2.05, 4.69) is 10.6 Å². The summed E-state index contributed by atoms with van der Waals surface area (Å²) in [5.74, 6) is -1.24. The predicted molar refractivity (Wildman–Crippen MR) is 118 cm³/mol. The molecule has 3 rings (SSSR count). The van der Waals surface area contributed by atoms with Gasteiger partial charge in [0.2, 0.25) is 0 Å². The number of carbonyl (C=O) groups excluding carboxylic acids is 3. The fourth-order valence-corrected chi connectivity index (χ4v) is 4.02. The normalized spacial score (nSPS) is 15.2. The molecule has 1 aromatic carbocycles. The number of urea groups is 1. The molecule has 0 saturated heterocycles. The van der Waals surface area contributed by atoms with Crippen molar-refractivity contribution in [2.24, 2.45) is 0 Å². The lowest BCUT2D eigenvalue weighted by molar-refractivity contribution is -0.127. The fourth-order valence-electron chi connectivity index (χ4n) is 4.02. The summed E-state index contributed by atoms with van der Waals surface area (Å²) in [6.07, 6.45) is 4.08. The summed E-state index contributed by atoms with van der Waals surface area (Å²) in [6, 6.07) is 9.30. The van der Waals surface area contributed by atoms with Gasteiger partial charge in [0.15, 0.2) is 6.10 Å². The molecule has 0 spiro atoms. The third kappa shape index (κ3) is 5.54. The molecule has 7 nitrogen and oxygen atoms in total. The molecule has 0 radical (unpaired) electrons. The van der Waals surface area contributed by atoms with Gasteiger partial charge in [-0.3, -0.25) is 10.1 Å². The molecule has 2 aromatic rings. The number of hydrogen-bond acceptors (Lipinski definition) is 4. The smallest absolute Gasteiger partial charge is 0.340 e. The summed E-state index contributed by atoms with van der Waals surface area (Å²) in [7, 11) is 0. The number of amides is 3. The second-order valence-corrected chi connectivity index (χ2v) is 8.30. The largest absolute Gasteiger partial charge is 0.449 e. The maximum absolute atomic E-state index is 12.7. The van der Waals surface area contributed by atoms with Gasteiger partial charge < -0.3 is 14.6 Å². The summed E-state index contributed by atoms with van der Waals surface area (Å²) in [5.41, 5.74) is 4.11. The maximum Gasteiger partial charge on any atom is 0.340 e. The Morgan fingerprint density at radius 3 is 2.32 bits per heavy atom. The summed E-state index contributed by atoms with van der Waals surface area (Å²) < 4.78 is 7.32. The summed E-state index contributed by atoms with van der Waals surface area (Å²) in [6.45, 7) is 7.23. The van der Waals surface area contributed by atoms with E-state index < -0.39 is 24.0 Å². The Morgan fingerprint density at radius 1 is 1.03 bits per heavy atom. The van der Waals surface area contributed by atoms with E-state index in [0.717, 1.165) is 48.3 Å². The number of nitrogens with zero attached hydrogens (tertiary/aromatic N) is 1. The lowest BCUT2D eigenvalue weighted by Crippen LogP contribution is -2.48. The standard InChI is InChI=1S/C24H31N3O4/c1-15-10-12-20(13-11-15)27-16(2)14-21(17(27)3)23(29)31-18(4)22(28)26-24(30)25-19-8-6-5-7-9-19/h10-14,18-19H,5-9H2,1-4H3,(H2,25,26,28,30)/t18-/m0/s1. The van der Waals surface area contributed by atoms with Crippen LogP contribution in [0.3, 0.4) is 0 Å². The van der Waals surface area contributed by atoms with E-state index >= 15 is 0 Å². The SMILES string of the molecule is Cc1ccc(-n2c(C)cc(C(=O)O[C@@H](C)C(=O)NC(=O)NC3CCCCC3)c2C)cc1. The Morgan fingerprint density at radius 2 is 1.68 bits per heavy atom. The molecule has 7 heteroatoms. The van der Waals surface area contributed by atoms with Crippen molar-refractivity contribution in [1.29, 1.82) is 0 Å². The van der Waals surface area contributed by atoms with Crippen LogP contribution in [0.5, 0.6) is 0 Å². The van der Waals surface area contributed by atoms with Crippen molar-refractivity contribution in [2.45, 2.75) is 71.9 Å². The Hall–Kier alpha value is -3.09. The van der Waals surface area contributed by atoms with Crippen LogP contribution in [0.4, 0.5) is 4.79 Å². The topological polar surface area (TPSA) is 89.4 Å². The molecule has 0 aliphatic heterocycles. The number of aryl methyl sites for hydroxylation is 2. The monoisotopic (exact) mass is 425 g/mol. The third-order valence-corrected chi connectivity index (χ3v) is 5.77. The molecule has 1 saturated carbocycles. The van der Waals surface area contributed by atoms with Gasteiger partial charge in [-0.05, 0) is 58.7 Å². The minimum atomic E-state index is -1.09. The highest BCUT2D eigenvalue weighted by Crippen LogP contribution is 2.22. The highest BCUT2D eigenvalue weighted by molar-refractivity contribution is 5.99. The molecule has 0 bridgehead atoms. The van der Waals surface area contributed by atoms with Crippen LogP contribution in [0.15, 0.2) is 30.3 Å². The maximum atomic E-state index is 12.7. The number of nitrogens with one attached hydrogen (secondary N) is 2. The van der Waals surface area contributed by atoms with Crippen molar-refractivity contribution in [3.63, 3.8) is 0 Å². The van der Waals surface area contributed by atoms with Crippen molar-refractivity contribution in [3.05, 3.63) is 52.8 Å². The number of esters is 1. The Balaban J connectivity index is 1.61. The summed E-state index contributed by atoms with van der Waals surface area (Å²) in [5, 5.41) is 5.09. The molecule has 1 aliphatic carbocycles. The molecule has 1 fully saturated rings. The molecule has 0 unspecified atom stereocenters. The molecule has 1 heterocycles. The zero-order chi connectivity index (χ0) is 22.5. The molecule has 2 N–H and O–H groups in total. The van der Waals surface area contributed by atoms with Crippen LogP contribution < -0.4 is 10.6 Å². The fraction of sp³-hybridized carbons (Fsp3) is 0.458. The predicted octanol–water partition coefficient (Wildman–Crippen LogP) is 4.11. The van der Waals surface area contributed by atoms with Crippen LogP contribution in [0.25, 0.3) is 5.69 Å². The first kappa shape index (κ1) is 22.6. The molecule has 1 aliphatic rings. The Bertz CT molecular complexity index is 956. The van der Waals surface area contributed by atoms with E-state index in [0.29, 0.717) is 5.56 Å². The first-order valence-electron chi connectivity index (χ1n) is 10.8. The molecule has 31 heavy (non-hydrogen) atoms. The Kier molecular flexibility index (Phi) is 7.15. The van der Waals surface area contributed by atoms with Crippen molar-refractivity contribution < 1.29 is 19.1 Å². The number of imide groups is 1. The molecule has 1 aromatic heterocycles. The molecule has 166 valence electrons. The van der Waals surface area contributed by atoms with E-state index in [1.807, 2.05) is 49.6 Å². The molecular formula is C24H31N3O4. The number of carbonyl (C=O) groups is 3. The van der Waals surface area contributed by atoms with Crippen LogP contribution in [0, 0.1) is 20.8 Å². The van der Waals surface area contributed by atoms with Crippen molar-refractivity contribution in [3.8, 4) is 5.69 Å². The van der Waals surface area contributed by atoms with E-state index in [9.17, 15) is 14.4 Å². The minimum absolute atomic E-state index is 0.0894. The van der Waals surface area contributed by atoms with Gasteiger partial charge >= 0.3 is 12.0 Å². The number of ether oxygens (including phenoxy) is 1. The van der Waals surface area contributed by atoms with Crippen LogP contribution in [0.1, 0.15) is 66.3 Å². The highest BCUT2D eigenvalue weighted by atomic mass is 16.5. The molecule has 3 amide bonds. The van der Waals surface area contributed by atoms with Gasteiger partial charge in [-0.15, -0.1) is 0 Å². The average Bonchev–Trinajstić information content (AvgIpc) is 3.03. The van der Waals surface area contributed by atoms with E-state index in [-0.39, 0.29) is 6.04 Å². The third-order valence-electron chi connectivity index (χ3n) is 5.77. The second-order valence-electron chi connectivity index (χ2n) is 8.30. The molecular weight excluding hydrogens is 394 g/mol. The Labute approximate surface area is 183 Å². The van der Waals surface area contributed by atoms with E-state index in [1.165, 1.54) is 13.3 Å². The summed E-state index contributed by atoms with van der Waals surface area (Å²) in [4.78, 5) is 37.1. The average molecular weight is 426 g/mol. The summed E-state index contributed by atoms with van der Waals surface area (Å²) >= 11 is 0. The number of rotatable bonds is 5. The van der Waals surface area contributed by atoms with E-state index in [4.69, 9.17) is 4.74 Å². The van der Waals surface area contributed by atoms with Crippen LogP contribution in [0.2, 0.25) is 0 Å². The van der Waals surface area contributed by atoms with Gasteiger partial charge in [0.25, 0.3) is 5.91 Å². The minimum Gasteiger partial charge on any atom is -0.449 e. The van der Waals surface area contributed by atoms with Gasteiger partial charge in [0, 0.05) is 23.1 Å².